The van der Waals surface area contributed by atoms with Gasteiger partial charge in [-0.2, -0.15) is 13.2 Å². The van der Waals surface area contributed by atoms with Crippen molar-refractivity contribution in [3.8, 4) is 0 Å². The zero-order chi connectivity index (χ0) is 14.6. The Morgan fingerprint density at radius 1 is 1.42 bits per heavy atom. The maximum Gasteiger partial charge on any atom is 0.417 e. The third-order valence-corrected chi connectivity index (χ3v) is 2.65. The number of hydrogen-bond acceptors (Lipinski definition) is 3. The smallest absolute Gasteiger partial charge is 0.417 e. The molecule has 0 bridgehead atoms. The summed E-state index contributed by atoms with van der Waals surface area (Å²) in [7, 11) is 0. The molecule has 8 heteroatoms. The number of aliphatic hydroxyl groups excluding tert-OH is 1. The van der Waals surface area contributed by atoms with E-state index in [1.54, 1.807) is 0 Å². The van der Waals surface area contributed by atoms with Crippen LogP contribution in [0, 0.1) is 0 Å². The highest BCUT2D eigenvalue weighted by Crippen LogP contribution is 2.35. The predicted octanol–water partition coefficient (Wildman–Crippen LogP) is 2.42. The van der Waals surface area contributed by atoms with Crippen LogP contribution >= 0.6 is 11.6 Å². The van der Waals surface area contributed by atoms with Crippen LogP contribution in [-0.4, -0.2) is 34.7 Å². The van der Waals surface area contributed by atoms with Gasteiger partial charge >= 0.3 is 12.1 Å². The minimum atomic E-state index is -4.77. The van der Waals surface area contributed by atoms with Crippen molar-refractivity contribution in [2.45, 2.75) is 12.3 Å². The van der Waals surface area contributed by atoms with E-state index in [4.69, 9.17) is 16.7 Å². The first-order valence-corrected chi connectivity index (χ1v) is 5.72. The second kappa shape index (κ2) is 6.12. The van der Waals surface area contributed by atoms with Crippen molar-refractivity contribution >= 4 is 23.3 Å². The van der Waals surface area contributed by atoms with Gasteiger partial charge in [-0.25, -0.2) is 4.79 Å². The van der Waals surface area contributed by atoms with Gasteiger partial charge in [0.25, 0.3) is 0 Å². The van der Waals surface area contributed by atoms with E-state index in [1.807, 2.05) is 0 Å². The maximum atomic E-state index is 12.7. The van der Waals surface area contributed by atoms with Gasteiger partial charge in [-0.3, -0.25) is 0 Å². The molecule has 1 rings (SSSR count). The first kappa shape index (κ1) is 15.6. The number of nitrogens with one attached hydrogen (secondary N) is 1. The second-order valence-corrected chi connectivity index (χ2v) is 4.03. The summed E-state index contributed by atoms with van der Waals surface area (Å²) in [4.78, 5) is 11.0. The van der Waals surface area contributed by atoms with Crippen molar-refractivity contribution in [3.05, 3.63) is 29.3 Å². The molecule has 0 fully saturated rings. The van der Waals surface area contributed by atoms with Crippen molar-refractivity contribution in [1.82, 2.24) is 0 Å². The molecule has 1 unspecified atom stereocenters. The number of anilines is 1. The monoisotopic (exact) mass is 297 g/mol. The fraction of sp³-hybridized carbons (Fsp3) is 0.364. The minimum Gasteiger partial charge on any atom is -0.478 e. The van der Waals surface area contributed by atoms with Crippen LogP contribution < -0.4 is 5.32 Å². The van der Waals surface area contributed by atoms with Gasteiger partial charge in [0.1, 0.15) is 0 Å². The van der Waals surface area contributed by atoms with E-state index in [2.05, 4.69) is 5.32 Å². The highest BCUT2D eigenvalue weighted by molar-refractivity contribution is 6.18. The van der Waals surface area contributed by atoms with Crippen LogP contribution in [0.5, 0.6) is 0 Å². The molecule has 0 aliphatic carbocycles. The highest BCUT2D eigenvalue weighted by Gasteiger charge is 2.36. The summed E-state index contributed by atoms with van der Waals surface area (Å²) in [5, 5.41) is 20.6. The lowest BCUT2D eigenvalue weighted by atomic mass is 10.0. The van der Waals surface area contributed by atoms with Gasteiger partial charge in [0.05, 0.1) is 23.1 Å². The molecule has 1 atom stereocenters. The molecule has 3 N–H and O–H groups in total. The van der Waals surface area contributed by atoms with Gasteiger partial charge in [-0.1, -0.05) is 6.07 Å². The Hall–Kier alpha value is -1.47. The third-order valence-electron chi connectivity index (χ3n) is 2.29. The fourth-order valence-electron chi connectivity index (χ4n) is 1.45. The van der Waals surface area contributed by atoms with Crippen LogP contribution in [0.25, 0.3) is 0 Å². The topological polar surface area (TPSA) is 69.6 Å². The molecule has 0 aliphatic heterocycles. The van der Waals surface area contributed by atoms with Gasteiger partial charge in [0, 0.05) is 12.2 Å². The molecule has 106 valence electrons. The lowest BCUT2D eigenvalue weighted by Crippen LogP contribution is -2.23. The molecule has 1 aromatic carbocycles. The van der Waals surface area contributed by atoms with Crippen molar-refractivity contribution in [3.63, 3.8) is 0 Å². The Morgan fingerprint density at radius 3 is 2.53 bits per heavy atom. The van der Waals surface area contributed by atoms with E-state index in [9.17, 15) is 23.1 Å². The predicted molar refractivity (Wildman–Crippen MR) is 63.6 cm³/mol. The largest absolute Gasteiger partial charge is 0.478 e. The fourth-order valence-corrected chi connectivity index (χ4v) is 1.56. The number of carboxylic acids is 1. The number of aliphatic hydroxyl groups is 1. The third kappa shape index (κ3) is 4.00. The first-order valence-electron chi connectivity index (χ1n) is 5.18. The molecule has 0 aromatic heterocycles. The SMILES string of the molecule is O=C(O)c1c(NCC(O)CCl)cccc1C(F)(F)F. The summed E-state index contributed by atoms with van der Waals surface area (Å²) < 4.78 is 38.1. The van der Waals surface area contributed by atoms with E-state index in [0.717, 1.165) is 6.07 Å². The number of aromatic carboxylic acids is 1. The van der Waals surface area contributed by atoms with Gasteiger partial charge in [-0.05, 0) is 12.1 Å². The van der Waals surface area contributed by atoms with Crippen LogP contribution in [0.4, 0.5) is 18.9 Å². The minimum absolute atomic E-state index is 0.117. The molecule has 1 aromatic rings. The average molecular weight is 298 g/mol. The van der Waals surface area contributed by atoms with E-state index >= 15 is 0 Å². The first-order chi connectivity index (χ1) is 8.77. The number of halogens is 4. The zero-order valence-electron chi connectivity index (χ0n) is 9.54. The number of carbonyl (C=O) groups is 1. The lowest BCUT2D eigenvalue weighted by Gasteiger charge is -2.16. The van der Waals surface area contributed by atoms with Gasteiger partial charge in [-0.15, -0.1) is 11.6 Å². The summed E-state index contributed by atoms with van der Waals surface area (Å²) in [5.41, 5.74) is -2.34. The number of benzene rings is 1. The second-order valence-electron chi connectivity index (χ2n) is 3.72. The van der Waals surface area contributed by atoms with Gasteiger partial charge in [0.15, 0.2) is 0 Å². The number of carboxylic acid groups (broad SMARTS) is 1. The van der Waals surface area contributed by atoms with Crippen LogP contribution in [0.15, 0.2) is 18.2 Å². The normalized spacial score (nSPS) is 13.1. The number of rotatable bonds is 5. The van der Waals surface area contributed by atoms with E-state index < -0.39 is 29.4 Å². The van der Waals surface area contributed by atoms with E-state index in [-0.39, 0.29) is 18.1 Å². The molecule has 0 amide bonds. The molecule has 0 saturated heterocycles. The molecule has 0 spiro atoms. The van der Waals surface area contributed by atoms with Crippen LogP contribution in [0.2, 0.25) is 0 Å². The van der Waals surface area contributed by atoms with Crippen molar-refractivity contribution < 1.29 is 28.2 Å². The molecule has 0 aliphatic rings. The molecule has 4 nitrogen and oxygen atoms in total. The van der Waals surface area contributed by atoms with Crippen molar-refractivity contribution in [1.29, 1.82) is 0 Å². The quantitative estimate of drug-likeness (QED) is 0.730. The van der Waals surface area contributed by atoms with Crippen LogP contribution in [0.3, 0.4) is 0 Å². The molecule has 0 saturated carbocycles. The van der Waals surface area contributed by atoms with E-state index in [0.29, 0.717) is 6.07 Å². The lowest BCUT2D eigenvalue weighted by molar-refractivity contribution is -0.138. The van der Waals surface area contributed by atoms with Crippen LogP contribution in [0.1, 0.15) is 15.9 Å². The van der Waals surface area contributed by atoms with Crippen LogP contribution in [-0.2, 0) is 6.18 Å². The Labute approximate surface area is 111 Å². The Morgan fingerprint density at radius 2 is 2.05 bits per heavy atom. The molecule has 19 heavy (non-hydrogen) atoms. The number of hydrogen-bond donors (Lipinski definition) is 3. The van der Waals surface area contributed by atoms with Gasteiger partial charge < -0.3 is 15.5 Å². The molecule has 0 radical (unpaired) electrons. The highest BCUT2D eigenvalue weighted by atomic mass is 35.5. The molecular weight excluding hydrogens is 287 g/mol. The van der Waals surface area contributed by atoms with Crippen molar-refractivity contribution in [2.24, 2.45) is 0 Å². The average Bonchev–Trinajstić information content (AvgIpc) is 2.34. The molecular formula is C11H11ClF3NO3. The maximum absolute atomic E-state index is 12.7. The Kier molecular flexibility index (Phi) is 5.02. The summed E-state index contributed by atoms with van der Waals surface area (Å²) in [5.74, 6) is -1.82. The summed E-state index contributed by atoms with van der Waals surface area (Å²) >= 11 is 5.34. The van der Waals surface area contributed by atoms with E-state index in [1.165, 1.54) is 6.07 Å². The number of alkyl halides is 4. The Bertz CT molecular complexity index is 465. The molecule has 0 heterocycles. The van der Waals surface area contributed by atoms with Crippen molar-refractivity contribution in [2.75, 3.05) is 17.7 Å². The standard InChI is InChI=1S/C11H11ClF3NO3/c12-4-6(17)5-16-8-3-1-2-7(11(13,14)15)9(8)10(18)19/h1-3,6,16-17H,4-5H2,(H,18,19). The summed E-state index contributed by atoms with van der Waals surface area (Å²) in [6, 6.07) is 2.97. The summed E-state index contributed by atoms with van der Waals surface area (Å²) in [6.07, 6.45) is -5.76. The summed E-state index contributed by atoms with van der Waals surface area (Å²) in [6.45, 7) is -0.148. The van der Waals surface area contributed by atoms with Gasteiger partial charge in [0.2, 0.25) is 0 Å². The Balaban J connectivity index is 3.14. The zero-order valence-corrected chi connectivity index (χ0v) is 10.3.